The predicted octanol–water partition coefficient (Wildman–Crippen LogP) is 4.26. The highest BCUT2D eigenvalue weighted by atomic mass is 32.1. The molecule has 94 valence electrons. The van der Waals surface area contributed by atoms with Gasteiger partial charge in [0.05, 0.1) is 15.7 Å². The van der Waals surface area contributed by atoms with E-state index in [1.54, 1.807) is 11.3 Å². The van der Waals surface area contributed by atoms with E-state index in [9.17, 15) is 4.79 Å². The molecule has 0 unspecified atom stereocenters. The number of aromatic nitrogens is 1. The highest BCUT2D eigenvalue weighted by Gasteiger charge is 2.16. The molecule has 0 aliphatic carbocycles. The van der Waals surface area contributed by atoms with Crippen LogP contribution in [0.2, 0.25) is 0 Å². The first-order valence-corrected chi connectivity index (χ1v) is 7.39. The van der Waals surface area contributed by atoms with E-state index in [4.69, 9.17) is 0 Å². The molecule has 0 spiro atoms. The van der Waals surface area contributed by atoms with Gasteiger partial charge in [-0.2, -0.15) is 0 Å². The minimum Gasteiger partial charge on any atom is -0.274 e. The molecule has 5 rings (SSSR count). The summed E-state index contributed by atoms with van der Waals surface area (Å²) >= 11 is 1.70. The molecular formula is C17H9NOS. The summed E-state index contributed by atoms with van der Waals surface area (Å²) in [5.74, 6) is 0. The van der Waals surface area contributed by atoms with Crippen molar-refractivity contribution in [2.75, 3.05) is 0 Å². The number of benzene rings is 2. The number of fused-ring (bicyclic) bond motifs is 5. The Labute approximate surface area is 117 Å². The van der Waals surface area contributed by atoms with Gasteiger partial charge in [-0.1, -0.05) is 36.4 Å². The van der Waals surface area contributed by atoms with Gasteiger partial charge in [0, 0.05) is 16.2 Å². The van der Waals surface area contributed by atoms with Crippen molar-refractivity contribution in [1.82, 2.24) is 4.40 Å². The van der Waals surface area contributed by atoms with Crippen LogP contribution in [0, 0.1) is 0 Å². The normalized spacial score (nSPS) is 12.2. The molecule has 0 saturated heterocycles. The molecule has 3 heterocycles. The molecule has 20 heavy (non-hydrogen) atoms. The Balaban J connectivity index is 2.35. The first-order valence-electron chi connectivity index (χ1n) is 6.51. The molecule has 0 radical (unpaired) electrons. The van der Waals surface area contributed by atoms with Crippen LogP contribution in [0.15, 0.2) is 58.7 Å². The van der Waals surface area contributed by atoms with Crippen LogP contribution in [-0.2, 0) is 0 Å². The Morgan fingerprint density at radius 2 is 1.55 bits per heavy atom. The van der Waals surface area contributed by atoms with Crippen LogP contribution in [0.5, 0.6) is 0 Å². The Kier molecular flexibility index (Phi) is 1.76. The van der Waals surface area contributed by atoms with Crippen molar-refractivity contribution < 1.29 is 0 Å². The summed E-state index contributed by atoms with van der Waals surface area (Å²) in [5.41, 5.74) is 2.16. The van der Waals surface area contributed by atoms with Gasteiger partial charge in [0.25, 0.3) is 5.56 Å². The first kappa shape index (κ1) is 10.4. The third kappa shape index (κ3) is 1.04. The predicted molar refractivity (Wildman–Crippen MR) is 85.2 cm³/mol. The maximum Gasteiger partial charge on any atom is 0.263 e. The molecule has 0 aliphatic rings. The van der Waals surface area contributed by atoms with Gasteiger partial charge >= 0.3 is 0 Å². The highest BCUT2D eigenvalue weighted by Crippen LogP contribution is 2.36. The van der Waals surface area contributed by atoms with E-state index in [2.05, 4.69) is 18.2 Å². The molecule has 0 fully saturated rings. The smallest absolute Gasteiger partial charge is 0.263 e. The van der Waals surface area contributed by atoms with Crippen LogP contribution < -0.4 is 5.56 Å². The maximum atomic E-state index is 12.8. The van der Waals surface area contributed by atoms with E-state index in [1.807, 2.05) is 40.1 Å². The molecule has 0 bridgehead atoms. The average Bonchev–Trinajstić information content (AvgIpc) is 3.06. The van der Waals surface area contributed by atoms with E-state index in [-0.39, 0.29) is 5.56 Å². The molecule has 3 aromatic heterocycles. The van der Waals surface area contributed by atoms with Crippen molar-refractivity contribution in [2.24, 2.45) is 0 Å². The lowest BCUT2D eigenvalue weighted by molar-refractivity contribution is 1.21. The van der Waals surface area contributed by atoms with E-state index < -0.39 is 0 Å². The quantitative estimate of drug-likeness (QED) is 0.387. The molecule has 0 aliphatic heterocycles. The average molecular weight is 275 g/mol. The van der Waals surface area contributed by atoms with Crippen LogP contribution >= 0.6 is 11.3 Å². The lowest BCUT2D eigenvalue weighted by Crippen LogP contribution is -2.12. The standard InChI is InChI=1S/C17H9NOS/c19-17-12-5-2-1-4-10(12)11-6-3-7-13-15(11)18(17)14-8-9-20-16(13)14/h1-9H. The number of thiophene rings is 1. The Hall–Kier alpha value is -2.39. The minimum atomic E-state index is 0.0812. The van der Waals surface area contributed by atoms with Gasteiger partial charge in [0.1, 0.15) is 0 Å². The van der Waals surface area contributed by atoms with E-state index in [1.165, 1.54) is 10.1 Å². The second kappa shape index (κ2) is 3.38. The molecule has 0 saturated carbocycles. The molecular weight excluding hydrogens is 266 g/mol. The van der Waals surface area contributed by atoms with E-state index in [0.29, 0.717) is 0 Å². The Bertz CT molecular complexity index is 1170. The second-order valence-corrected chi connectivity index (χ2v) is 5.94. The van der Waals surface area contributed by atoms with Crippen LogP contribution in [-0.4, -0.2) is 4.40 Å². The number of pyridine rings is 1. The van der Waals surface area contributed by atoms with Crippen molar-refractivity contribution in [3.05, 3.63) is 64.3 Å². The summed E-state index contributed by atoms with van der Waals surface area (Å²) in [5, 5.41) is 6.21. The van der Waals surface area contributed by atoms with E-state index >= 15 is 0 Å². The maximum absolute atomic E-state index is 12.8. The summed E-state index contributed by atoms with van der Waals surface area (Å²) in [7, 11) is 0. The zero-order valence-corrected chi connectivity index (χ0v) is 11.3. The van der Waals surface area contributed by atoms with Crippen molar-refractivity contribution in [3.63, 3.8) is 0 Å². The summed E-state index contributed by atoms with van der Waals surface area (Å²) in [6.07, 6.45) is 0. The number of rotatable bonds is 0. The summed E-state index contributed by atoms with van der Waals surface area (Å²) in [4.78, 5) is 12.8. The number of para-hydroxylation sites is 1. The Morgan fingerprint density at radius 1 is 0.800 bits per heavy atom. The van der Waals surface area contributed by atoms with Gasteiger partial charge in [-0.3, -0.25) is 9.20 Å². The minimum absolute atomic E-state index is 0.0812. The summed E-state index contributed by atoms with van der Waals surface area (Å²) < 4.78 is 3.07. The van der Waals surface area contributed by atoms with Crippen molar-refractivity contribution in [3.8, 4) is 0 Å². The van der Waals surface area contributed by atoms with Crippen molar-refractivity contribution in [2.45, 2.75) is 0 Å². The van der Waals surface area contributed by atoms with Gasteiger partial charge in [-0.05, 0) is 22.9 Å². The fourth-order valence-corrected chi connectivity index (χ4v) is 4.13. The topological polar surface area (TPSA) is 21.5 Å². The molecule has 5 aromatic rings. The van der Waals surface area contributed by atoms with Crippen LogP contribution in [0.4, 0.5) is 0 Å². The zero-order valence-electron chi connectivity index (χ0n) is 10.5. The van der Waals surface area contributed by atoms with Crippen LogP contribution in [0.1, 0.15) is 0 Å². The zero-order chi connectivity index (χ0) is 13.3. The largest absolute Gasteiger partial charge is 0.274 e. The summed E-state index contributed by atoms with van der Waals surface area (Å²) in [6, 6.07) is 16.2. The number of hydrogen-bond acceptors (Lipinski definition) is 2. The van der Waals surface area contributed by atoms with Gasteiger partial charge in [-0.25, -0.2) is 0 Å². The monoisotopic (exact) mass is 275 g/mol. The molecule has 0 N–H and O–H groups in total. The molecule has 0 atom stereocenters. The fraction of sp³-hybridized carbons (Fsp3) is 0. The summed E-state index contributed by atoms with van der Waals surface area (Å²) in [6.45, 7) is 0. The van der Waals surface area contributed by atoms with Crippen molar-refractivity contribution in [1.29, 1.82) is 0 Å². The second-order valence-electron chi connectivity index (χ2n) is 5.02. The van der Waals surface area contributed by atoms with Gasteiger partial charge < -0.3 is 0 Å². The van der Waals surface area contributed by atoms with Gasteiger partial charge in [0.2, 0.25) is 0 Å². The SMILES string of the molecule is O=c1c2ccccc2c2cccc3c4sccc4n1c23. The molecule has 0 amide bonds. The number of hydrogen-bond donors (Lipinski definition) is 0. The van der Waals surface area contributed by atoms with Gasteiger partial charge in [0.15, 0.2) is 0 Å². The lowest BCUT2D eigenvalue weighted by atomic mass is 10.1. The molecule has 3 heteroatoms. The first-order chi connectivity index (χ1) is 9.86. The molecule has 2 nitrogen and oxygen atoms in total. The lowest BCUT2D eigenvalue weighted by Gasteiger charge is -2.05. The van der Waals surface area contributed by atoms with E-state index in [0.717, 1.165) is 27.2 Å². The third-order valence-corrected chi connectivity index (χ3v) is 4.98. The highest BCUT2D eigenvalue weighted by molar-refractivity contribution is 7.18. The van der Waals surface area contributed by atoms with Crippen molar-refractivity contribution >= 4 is 48.6 Å². The Morgan fingerprint density at radius 3 is 2.45 bits per heavy atom. The van der Waals surface area contributed by atoms with Crippen LogP contribution in [0.25, 0.3) is 37.3 Å². The third-order valence-electron chi connectivity index (χ3n) is 4.04. The number of nitrogens with zero attached hydrogens (tertiary/aromatic N) is 1. The fourth-order valence-electron chi connectivity index (χ4n) is 3.22. The van der Waals surface area contributed by atoms with Crippen LogP contribution in [0.3, 0.4) is 0 Å². The molecule has 2 aromatic carbocycles. The van der Waals surface area contributed by atoms with Gasteiger partial charge in [-0.15, -0.1) is 11.3 Å².